The van der Waals surface area contributed by atoms with Gasteiger partial charge in [-0.15, -0.1) is 0 Å². The summed E-state index contributed by atoms with van der Waals surface area (Å²) in [5, 5.41) is 0. The van der Waals surface area contributed by atoms with Crippen LogP contribution in [0.15, 0.2) is 55.1 Å². The van der Waals surface area contributed by atoms with Gasteiger partial charge in [0.05, 0.1) is 0 Å². The molecule has 66 valence electrons. The van der Waals surface area contributed by atoms with E-state index < -0.39 is 0 Å². The molecule has 0 radical (unpaired) electrons. The highest BCUT2D eigenvalue weighted by molar-refractivity contribution is 6.31. The standard InChI is InChI=1S/C5H8BN.C5H5N/c1-6-7-4-2-3-5-7;1-2-4-6-5-3-1/h2-6H,1H3;1-5H. The SMILES string of the molecule is CBn1cccc1.c1ccncc1. The van der Waals surface area contributed by atoms with Gasteiger partial charge in [-0.3, -0.25) is 4.98 Å². The van der Waals surface area contributed by atoms with Crippen LogP contribution in [0.2, 0.25) is 6.82 Å². The number of hydrogen-bond donors (Lipinski definition) is 0. The maximum absolute atomic E-state index is 3.78. The molecule has 0 fully saturated rings. The molecular weight excluding hydrogens is 159 g/mol. The van der Waals surface area contributed by atoms with Crippen molar-refractivity contribution >= 4 is 7.41 Å². The van der Waals surface area contributed by atoms with Crippen molar-refractivity contribution in [3.8, 4) is 0 Å². The fraction of sp³-hybridized carbons (Fsp3) is 0.100. The molecule has 0 aliphatic carbocycles. The first-order chi connectivity index (χ1) is 6.43. The van der Waals surface area contributed by atoms with Crippen LogP contribution in [-0.4, -0.2) is 16.9 Å². The third-order valence-corrected chi connectivity index (χ3v) is 1.60. The van der Waals surface area contributed by atoms with Crippen molar-refractivity contribution in [2.45, 2.75) is 6.82 Å². The van der Waals surface area contributed by atoms with Gasteiger partial charge in [-0.25, -0.2) is 0 Å². The monoisotopic (exact) mass is 172 g/mol. The van der Waals surface area contributed by atoms with Crippen molar-refractivity contribution in [1.29, 1.82) is 0 Å². The van der Waals surface area contributed by atoms with E-state index in [2.05, 4.69) is 28.7 Å². The molecule has 2 aromatic rings. The molecule has 2 heterocycles. The van der Waals surface area contributed by atoms with Crippen molar-refractivity contribution in [2.24, 2.45) is 0 Å². The van der Waals surface area contributed by atoms with Gasteiger partial charge in [-0.05, 0) is 36.7 Å². The molecule has 2 aromatic heterocycles. The summed E-state index contributed by atoms with van der Waals surface area (Å²) >= 11 is 0. The van der Waals surface area contributed by atoms with Gasteiger partial charge in [0.25, 0.3) is 0 Å². The van der Waals surface area contributed by atoms with Crippen LogP contribution in [0.1, 0.15) is 0 Å². The van der Waals surface area contributed by atoms with Crippen LogP contribution in [0, 0.1) is 0 Å². The Labute approximate surface area is 79.5 Å². The summed E-state index contributed by atoms with van der Waals surface area (Å²) in [7, 11) is 1.08. The summed E-state index contributed by atoms with van der Waals surface area (Å²) in [5.41, 5.74) is 0. The first-order valence-electron chi connectivity index (χ1n) is 4.39. The lowest BCUT2D eigenvalue weighted by Gasteiger charge is -1.87. The van der Waals surface area contributed by atoms with E-state index in [0.29, 0.717) is 0 Å². The Morgan fingerprint density at radius 3 is 1.77 bits per heavy atom. The Hall–Kier alpha value is -1.51. The Morgan fingerprint density at radius 1 is 0.923 bits per heavy atom. The minimum absolute atomic E-state index is 1.08. The van der Waals surface area contributed by atoms with Gasteiger partial charge in [0.15, 0.2) is 0 Å². The Kier molecular flexibility index (Phi) is 4.47. The van der Waals surface area contributed by atoms with E-state index in [9.17, 15) is 0 Å². The zero-order chi connectivity index (χ0) is 9.36. The van der Waals surface area contributed by atoms with Crippen LogP contribution in [-0.2, 0) is 0 Å². The minimum atomic E-state index is 1.08. The van der Waals surface area contributed by atoms with E-state index in [1.54, 1.807) is 12.4 Å². The molecule has 3 heteroatoms. The summed E-state index contributed by atoms with van der Waals surface area (Å²) < 4.78 is 2.12. The second-order valence-corrected chi connectivity index (χ2v) is 2.54. The molecule has 0 aromatic carbocycles. The van der Waals surface area contributed by atoms with Gasteiger partial charge in [0, 0.05) is 12.4 Å². The smallest absolute Gasteiger partial charge is 0.237 e. The van der Waals surface area contributed by atoms with Crippen molar-refractivity contribution < 1.29 is 0 Å². The van der Waals surface area contributed by atoms with Crippen LogP contribution in [0.3, 0.4) is 0 Å². The van der Waals surface area contributed by atoms with E-state index >= 15 is 0 Å². The molecule has 0 unspecified atom stereocenters. The van der Waals surface area contributed by atoms with Crippen molar-refractivity contribution in [2.75, 3.05) is 0 Å². The average Bonchev–Trinajstić information content (AvgIpc) is 2.74. The van der Waals surface area contributed by atoms with Gasteiger partial charge >= 0.3 is 0 Å². The lowest BCUT2D eigenvalue weighted by Crippen LogP contribution is -1.94. The average molecular weight is 172 g/mol. The second kappa shape index (κ2) is 6.06. The van der Waals surface area contributed by atoms with Crippen LogP contribution in [0.25, 0.3) is 0 Å². The van der Waals surface area contributed by atoms with Crippen molar-refractivity contribution in [3.05, 3.63) is 55.1 Å². The Bertz CT molecular complexity index is 265. The number of nitrogens with zero attached hydrogens (tertiary/aromatic N) is 2. The molecule has 0 saturated carbocycles. The van der Waals surface area contributed by atoms with Crippen LogP contribution in [0.5, 0.6) is 0 Å². The minimum Gasteiger partial charge on any atom is -0.402 e. The molecular formula is C10H13BN2. The number of rotatable bonds is 1. The molecule has 0 saturated heterocycles. The number of hydrogen-bond acceptors (Lipinski definition) is 1. The summed E-state index contributed by atoms with van der Waals surface area (Å²) in [6.45, 7) is 2.12. The van der Waals surface area contributed by atoms with Gasteiger partial charge in [0.2, 0.25) is 7.41 Å². The highest BCUT2D eigenvalue weighted by Crippen LogP contribution is 1.83. The Morgan fingerprint density at radius 2 is 1.54 bits per heavy atom. The van der Waals surface area contributed by atoms with Crippen LogP contribution < -0.4 is 0 Å². The number of aromatic nitrogens is 2. The molecule has 0 bridgehead atoms. The van der Waals surface area contributed by atoms with Crippen molar-refractivity contribution in [1.82, 2.24) is 9.46 Å². The molecule has 13 heavy (non-hydrogen) atoms. The molecule has 0 spiro atoms. The highest BCUT2D eigenvalue weighted by atomic mass is 14.8. The van der Waals surface area contributed by atoms with E-state index in [-0.39, 0.29) is 0 Å². The molecule has 0 atom stereocenters. The highest BCUT2D eigenvalue weighted by Gasteiger charge is 1.78. The van der Waals surface area contributed by atoms with E-state index in [0.717, 1.165) is 7.41 Å². The third kappa shape index (κ3) is 4.16. The predicted molar refractivity (Wildman–Crippen MR) is 57.1 cm³/mol. The zero-order valence-corrected chi connectivity index (χ0v) is 7.80. The third-order valence-electron chi connectivity index (χ3n) is 1.60. The maximum atomic E-state index is 3.78. The van der Waals surface area contributed by atoms with E-state index in [1.165, 1.54) is 0 Å². The molecule has 0 aliphatic heterocycles. The lowest BCUT2D eigenvalue weighted by molar-refractivity contribution is 1.24. The molecule has 2 nitrogen and oxygen atoms in total. The fourth-order valence-corrected chi connectivity index (χ4v) is 0.894. The van der Waals surface area contributed by atoms with Gasteiger partial charge in [-0.1, -0.05) is 12.9 Å². The van der Waals surface area contributed by atoms with Gasteiger partial charge < -0.3 is 4.48 Å². The second-order valence-electron chi connectivity index (χ2n) is 2.54. The zero-order valence-electron chi connectivity index (χ0n) is 7.80. The van der Waals surface area contributed by atoms with E-state index in [4.69, 9.17) is 0 Å². The topological polar surface area (TPSA) is 17.8 Å². The van der Waals surface area contributed by atoms with Gasteiger partial charge in [0.1, 0.15) is 0 Å². The molecule has 0 N–H and O–H groups in total. The summed E-state index contributed by atoms with van der Waals surface area (Å²) in [6.07, 6.45) is 7.61. The quantitative estimate of drug-likeness (QED) is 0.600. The summed E-state index contributed by atoms with van der Waals surface area (Å²) in [6, 6.07) is 9.78. The predicted octanol–water partition coefficient (Wildman–Crippen LogP) is 1.82. The van der Waals surface area contributed by atoms with E-state index in [1.807, 2.05) is 30.3 Å². The first kappa shape index (κ1) is 9.58. The maximum Gasteiger partial charge on any atom is 0.237 e. The Balaban J connectivity index is 0.000000132. The van der Waals surface area contributed by atoms with Crippen LogP contribution >= 0.6 is 0 Å². The molecule has 0 aliphatic rings. The largest absolute Gasteiger partial charge is 0.402 e. The summed E-state index contributed by atoms with van der Waals surface area (Å²) in [4.78, 5) is 3.78. The molecule has 2 rings (SSSR count). The van der Waals surface area contributed by atoms with Gasteiger partial charge in [-0.2, -0.15) is 0 Å². The summed E-state index contributed by atoms with van der Waals surface area (Å²) in [5.74, 6) is 0. The molecule has 0 amide bonds. The fourth-order valence-electron chi connectivity index (χ4n) is 0.894. The van der Waals surface area contributed by atoms with Crippen LogP contribution in [0.4, 0.5) is 0 Å². The van der Waals surface area contributed by atoms with Crippen molar-refractivity contribution in [3.63, 3.8) is 0 Å². The first-order valence-corrected chi connectivity index (χ1v) is 4.39. The number of pyridine rings is 1. The normalized spacial score (nSPS) is 8.38. The lowest BCUT2D eigenvalue weighted by atomic mass is 10.0.